The molecule has 166 valence electrons. The van der Waals surface area contributed by atoms with Crippen LogP contribution in [0.2, 0.25) is 13.1 Å². The molecule has 3 rings (SSSR count). The Balaban J connectivity index is 2.06. The number of ether oxygens (including phenoxy) is 2. The molecule has 0 aliphatic heterocycles. The molecule has 0 atom stereocenters. The number of hydrogen-bond donors (Lipinski definition) is 0. The molecule has 0 saturated heterocycles. The van der Waals surface area contributed by atoms with Crippen LogP contribution in [0.1, 0.15) is 21.5 Å². The zero-order chi connectivity index (χ0) is 23.4. The fourth-order valence-corrected chi connectivity index (χ4v) is 5.66. The number of rotatable bonds is 6. The van der Waals surface area contributed by atoms with Gasteiger partial charge in [-0.1, -0.05) is 78.6 Å². The van der Waals surface area contributed by atoms with Crippen LogP contribution in [0, 0.1) is 0 Å². The first kappa shape index (κ1) is 23.3. The van der Waals surface area contributed by atoms with Crippen LogP contribution in [0.3, 0.4) is 0 Å². The molecule has 3 nitrogen and oxygen atoms in total. The molecule has 0 spiro atoms. The Morgan fingerprint density at radius 2 is 1.31 bits per heavy atom. The van der Waals surface area contributed by atoms with Gasteiger partial charge in [-0.3, -0.25) is 0 Å². The van der Waals surface area contributed by atoms with E-state index >= 15 is 0 Å². The average molecular weight is 457 g/mol. The predicted octanol–water partition coefficient (Wildman–Crippen LogP) is 5.96. The van der Waals surface area contributed by atoms with Gasteiger partial charge in [0.25, 0.3) is 0 Å². The van der Waals surface area contributed by atoms with E-state index in [2.05, 4.69) is 35.7 Å². The summed E-state index contributed by atoms with van der Waals surface area (Å²) in [6.07, 6.45) is -4.74. The molecule has 0 saturated carbocycles. The second-order valence-electron chi connectivity index (χ2n) is 7.79. The third-order valence-electron chi connectivity index (χ3n) is 5.04. The molecule has 0 amide bonds. The fraction of sp³-hybridized carbons (Fsp3) is 0.160. The van der Waals surface area contributed by atoms with Gasteiger partial charge in [0.1, 0.15) is 13.8 Å². The third kappa shape index (κ3) is 5.88. The number of halogens is 3. The van der Waals surface area contributed by atoms with Gasteiger partial charge in [-0.25, -0.2) is 4.79 Å². The molecule has 7 heteroatoms. The molecule has 3 aromatic rings. The van der Waals surface area contributed by atoms with Gasteiger partial charge in [-0.05, 0) is 41.0 Å². The number of alkyl halides is 3. The van der Waals surface area contributed by atoms with Crippen LogP contribution in [0.4, 0.5) is 13.2 Å². The number of benzene rings is 3. The highest BCUT2D eigenvalue weighted by Crippen LogP contribution is 2.29. The van der Waals surface area contributed by atoms with E-state index in [4.69, 9.17) is 4.74 Å². The van der Waals surface area contributed by atoms with E-state index in [1.165, 1.54) is 24.4 Å². The molecule has 0 fully saturated rings. The van der Waals surface area contributed by atoms with E-state index in [1.54, 1.807) is 24.3 Å². The predicted molar refractivity (Wildman–Crippen MR) is 122 cm³/mol. The summed E-state index contributed by atoms with van der Waals surface area (Å²) in [4.78, 5) is 11.8. The summed E-state index contributed by atoms with van der Waals surface area (Å²) >= 11 is 0. The van der Waals surface area contributed by atoms with Gasteiger partial charge >= 0.3 is 12.3 Å². The van der Waals surface area contributed by atoms with E-state index < -0.39 is 20.4 Å². The maximum Gasteiger partial charge on any atom is 0.573 e. The van der Waals surface area contributed by atoms with Crippen LogP contribution in [-0.4, -0.2) is 27.5 Å². The van der Waals surface area contributed by atoms with Crippen LogP contribution in [-0.2, 0) is 4.74 Å². The Morgan fingerprint density at radius 1 is 0.812 bits per heavy atom. The number of carbonyl (C=O) groups excluding carboxylic acids is 1. The molecule has 3 aromatic carbocycles. The van der Waals surface area contributed by atoms with E-state index in [0.29, 0.717) is 5.56 Å². The number of esters is 1. The normalized spacial score (nSPS) is 12.4. The molecule has 0 radical (unpaired) electrons. The summed E-state index contributed by atoms with van der Waals surface area (Å²) in [5, 5.41) is 1.22. The van der Waals surface area contributed by atoms with Crippen molar-refractivity contribution in [2.75, 3.05) is 7.11 Å². The van der Waals surface area contributed by atoms with Crippen molar-refractivity contribution in [3.8, 4) is 5.75 Å². The van der Waals surface area contributed by atoms with Gasteiger partial charge in [-0.2, -0.15) is 0 Å². The molecular weight excluding hydrogens is 433 g/mol. The zero-order valence-corrected chi connectivity index (χ0v) is 18.9. The highest BCUT2D eigenvalue weighted by atomic mass is 28.3. The first-order valence-corrected chi connectivity index (χ1v) is 13.0. The van der Waals surface area contributed by atoms with E-state index in [0.717, 1.165) is 16.7 Å². The van der Waals surface area contributed by atoms with Crippen LogP contribution in [0.5, 0.6) is 5.75 Å². The van der Waals surface area contributed by atoms with Gasteiger partial charge in [0.2, 0.25) is 0 Å². The lowest BCUT2D eigenvalue weighted by Gasteiger charge is -2.22. The Bertz CT molecular complexity index is 1090. The Kier molecular flexibility index (Phi) is 6.89. The summed E-state index contributed by atoms with van der Waals surface area (Å²) in [5.74, 6) is -0.712. The Labute approximate surface area is 186 Å². The van der Waals surface area contributed by atoms with E-state index in [9.17, 15) is 18.0 Å². The van der Waals surface area contributed by atoms with Crippen molar-refractivity contribution in [2.45, 2.75) is 19.5 Å². The fourth-order valence-electron chi connectivity index (χ4n) is 3.39. The lowest BCUT2D eigenvalue weighted by atomic mass is 9.98. The summed E-state index contributed by atoms with van der Waals surface area (Å²) in [7, 11) is -0.748. The molecular formula is C25H23F3O3Si. The Hall–Kier alpha value is -3.32. The summed E-state index contributed by atoms with van der Waals surface area (Å²) in [6.45, 7) is 4.40. The quantitative estimate of drug-likeness (QED) is 0.339. The lowest BCUT2D eigenvalue weighted by molar-refractivity contribution is -0.274. The van der Waals surface area contributed by atoms with Gasteiger partial charge in [0.05, 0.1) is 12.7 Å². The largest absolute Gasteiger partial charge is 0.573 e. The zero-order valence-electron chi connectivity index (χ0n) is 17.9. The minimum Gasteiger partial charge on any atom is -0.465 e. The maximum absolute atomic E-state index is 12.5. The minimum absolute atomic E-state index is 0.277. The molecule has 32 heavy (non-hydrogen) atoms. The molecule has 0 aliphatic rings. The summed E-state index contributed by atoms with van der Waals surface area (Å²) in [6, 6.07) is 22.9. The number of carbonyl (C=O) groups is 1. The third-order valence-corrected chi connectivity index (χ3v) is 7.87. The van der Waals surface area contributed by atoms with Crippen molar-refractivity contribution in [3.63, 3.8) is 0 Å². The summed E-state index contributed by atoms with van der Waals surface area (Å²) < 4.78 is 46.4. The molecule has 0 aliphatic carbocycles. The van der Waals surface area contributed by atoms with Crippen LogP contribution in [0.15, 0.2) is 84.6 Å². The Morgan fingerprint density at radius 3 is 1.81 bits per heavy atom. The molecule has 0 N–H and O–H groups in total. The minimum atomic E-state index is -4.74. The van der Waals surface area contributed by atoms with Gasteiger partial charge in [-0.15, -0.1) is 13.2 Å². The smallest absolute Gasteiger partial charge is 0.465 e. The maximum atomic E-state index is 12.5. The van der Waals surface area contributed by atoms with Crippen molar-refractivity contribution in [2.24, 2.45) is 0 Å². The van der Waals surface area contributed by atoms with Crippen molar-refractivity contribution in [1.82, 2.24) is 0 Å². The average Bonchev–Trinajstić information content (AvgIpc) is 2.77. The molecule has 0 aromatic heterocycles. The lowest BCUT2D eigenvalue weighted by Crippen LogP contribution is -2.39. The monoisotopic (exact) mass is 456 g/mol. The number of methoxy groups -OCH3 is 1. The molecule has 0 unspecified atom stereocenters. The van der Waals surface area contributed by atoms with Crippen LogP contribution in [0.25, 0.3) is 5.57 Å². The topological polar surface area (TPSA) is 35.5 Å². The number of hydrogen-bond acceptors (Lipinski definition) is 3. The van der Waals surface area contributed by atoms with E-state index in [-0.39, 0.29) is 5.75 Å². The first-order chi connectivity index (χ1) is 15.1. The van der Waals surface area contributed by atoms with Crippen molar-refractivity contribution >= 4 is 24.8 Å². The van der Waals surface area contributed by atoms with Crippen LogP contribution < -0.4 is 9.92 Å². The standard InChI is InChI=1S/C25H23F3O3Si/c1-30-24(29)20-11-9-18(10-12-20)23(17-32(2,3)22-7-5-4-6-8-22)19-13-15-21(16-14-19)31-25(26,27)28/h4-17H,1-3H3. The summed E-state index contributed by atoms with van der Waals surface area (Å²) in [5.41, 5.74) is 5.10. The van der Waals surface area contributed by atoms with E-state index in [1.807, 2.05) is 30.3 Å². The van der Waals surface area contributed by atoms with Crippen molar-refractivity contribution in [1.29, 1.82) is 0 Å². The van der Waals surface area contributed by atoms with Gasteiger partial charge in [0, 0.05) is 0 Å². The highest BCUT2D eigenvalue weighted by molar-refractivity contribution is 6.94. The van der Waals surface area contributed by atoms with Crippen LogP contribution >= 0.6 is 0 Å². The van der Waals surface area contributed by atoms with Crippen molar-refractivity contribution < 1.29 is 27.4 Å². The van der Waals surface area contributed by atoms with Crippen molar-refractivity contribution in [3.05, 3.63) is 101 Å². The SMILES string of the molecule is COC(=O)c1ccc(C(=C[Si](C)(C)c2ccccc2)c2ccc(OC(F)(F)F)cc2)cc1. The second-order valence-corrected chi connectivity index (χ2v) is 12.1. The highest BCUT2D eigenvalue weighted by Gasteiger charge is 2.31. The van der Waals surface area contributed by atoms with Gasteiger partial charge < -0.3 is 9.47 Å². The second kappa shape index (κ2) is 9.44. The first-order valence-electron chi connectivity index (χ1n) is 9.92. The molecule has 0 heterocycles. The van der Waals surface area contributed by atoms with Gasteiger partial charge in [0.15, 0.2) is 0 Å². The molecule has 0 bridgehead atoms.